The number of carbonyl (C=O) groups excluding carboxylic acids is 2. The van der Waals surface area contributed by atoms with Crippen LogP contribution >= 0.6 is 11.3 Å². The van der Waals surface area contributed by atoms with Gasteiger partial charge in [0.2, 0.25) is 5.91 Å². The number of nitrogens with one attached hydrogen (secondary N) is 1. The zero-order chi connectivity index (χ0) is 21.8. The van der Waals surface area contributed by atoms with Gasteiger partial charge in [0.15, 0.2) is 0 Å². The Kier molecular flexibility index (Phi) is 6.37. The van der Waals surface area contributed by atoms with Crippen LogP contribution in [0, 0.1) is 0 Å². The number of rotatable bonds is 7. The molecule has 0 saturated carbocycles. The smallest absolute Gasteiger partial charge is 0.254 e. The fourth-order valence-electron chi connectivity index (χ4n) is 4.13. The van der Waals surface area contributed by atoms with Crippen LogP contribution in [0.1, 0.15) is 45.2 Å². The number of nitrogens with zero attached hydrogens (tertiary/aromatic N) is 1. The van der Waals surface area contributed by atoms with E-state index in [0.717, 1.165) is 28.2 Å². The minimum atomic E-state index is -0.446. The molecule has 0 fully saturated rings. The summed E-state index contributed by atoms with van der Waals surface area (Å²) in [6.45, 7) is 3.13. The number of likely N-dealkylation sites (N-methyl/N-ethyl adjacent to an activating group) is 1. The van der Waals surface area contributed by atoms with Crippen molar-refractivity contribution < 1.29 is 14.3 Å². The fraction of sp³-hybridized carbons (Fsp3) is 0.280. The van der Waals surface area contributed by atoms with Gasteiger partial charge >= 0.3 is 0 Å². The lowest BCUT2D eigenvalue weighted by Gasteiger charge is -2.39. The number of thiophene rings is 1. The van der Waals surface area contributed by atoms with Crippen LogP contribution in [-0.2, 0) is 11.2 Å². The number of hydrogen-bond acceptors (Lipinski definition) is 4. The summed E-state index contributed by atoms with van der Waals surface area (Å²) in [5.74, 6) is 0.294. The summed E-state index contributed by atoms with van der Waals surface area (Å²) in [6, 6.07) is 19.0. The predicted octanol–water partition coefficient (Wildman–Crippen LogP) is 4.42. The molecule has 5 nitrogen and oxygen atoms in total. The highest BCUT2D eigenvalue weighted by Gasteiger charge is 2.42. The van der Waals surface area contributed by atoms with Crippen molar-refractivity contribution in [2.75, 3.05) is 20.2 Å². The quantitative estimate of drug-likeness (QED) is 0.599. The Bertz CT molecular complexity index is 1050. The van der Waals surface area contributed by atoms with E-state index in [-0.39, 0.29) is 17.9 Å². The summed E-state index contributed by atoms with van der Waals surface area (Å²) >= 11 is 1.57. The van der Waals surface area contributed by atoms with E-state index in [2.05, 4.69) is 5.32 Å². The first-order chi connectivity index (χ1) is 15.1. The first kappa shape index (κ1) is 21.1. The topological polar surface area (TPSA) is 58.6 Å². The van der Waals surface area contributed by atoms with Crippen LogP contribution in [0.2, 0.25) is 0 Å². The molecule has 160 valence electrons. The van der Waals surface area contributed by atoms with Crippen molar-refractivity contribution in [2.24, 2.45) is 0 Å². The van der Waals surface area contributed by atoms with Gasteiger partial charge in [-0.3, -0.25) is 9.59 Å². The number of hydrogen-bond donors (Lipinski definition) is 1. The zero-order valence-electron chi connectivity index (χ0n) is 17.7. The average molecular weight is 435 g/mol. The molecule has 0 aliphatic carbocycles. The van der Waals surface area contributed by atoms with Crippen LogP contribution in [0.5, 0.6) is 5.75 Å². The van der Waals surface area contributed by atoms with Crippen LogP contribution in [-0.4, -0.2) is 36.9 Å². The number of ether oxygens (including phenoxy) is 1. The fourth-order valence-corrected chi connectivity index (χ4v) is 5.04. The molecule has 31 heavy (non-hydrogen) atoms. The van der Waals surface area contributed by atoms with E-state index < -0.39 is 5.92 Å². The molecule has 1 aliphatic heterocycles. The number of fused-ring (bicyclic) bond motifs is 1. The summed E-state index contributed by atoms with van der Waals surface area (Å²) in [4.78, 5) is 29.0. The Morgan fingerprint density at radius 1 is 1.10 bits per heavy atom. The lowest BCUT2D eigenvalue weighted by atomic mass is 9.81. The summed E-state index contributed by atoms with van der Waals surface area (Å²) in [6.07, 6.45) is 0.727. The molecule has 0 spiro atoms. The second-order valence-corrected chi connectivity index (χ2v) is 8.54. The van der Waals surface area contributed by atoms with E-state index in [9.17, 15) is 9.59 Å². The molecule has 0 bridgehead atoms. The standard InChI is InChI=1S/C25H26N2O3S/c1-3-30-18-12-10-17(11-13-18)14-15-26-24(28)22-19-7-4-5-8-20(19)25(29)27(2)23(22)21-9-6-16-31-21/h4-13,16,22-23H,3,14-15H2,1-2H3,(H,26,28)/t22-,23-/m0/s1. The highest BCUT2D eigenvalue weighted by Crippen LogP contribution is 2.43. The molecule has 2 atom stereocenters. The van der Waals surface area contributed by atoms with Crippen molar-refractivity contribution in [1.29, 1.82) is 0 Å². The van der Waals surface area contributed by atoms with Gasteiger partial charge in [-0.1, -0.05) is 36.4 Å². The van der Waals surface area contributed by atoms with E-state index in [1.807, 2.05) is 66.9 Å². The van der Waals surface area contributed by atoms with Gasteiger partial charge in [0.1, 0.15) is 5.75 Å². The maximum Gasteiger partial charge on any atom is 0.254 e. The molecule has 3 aromatic rings. The molecule has 2 amide bonds. The maximum absolute atomic E-state index is 13.4. The Morgan fingerprint density at radius 2 is 1.87 bits per heavy atom. The third kappa shape index (κ3) is 4.35. The largest absolute Gasteiger partial charge is 0.494 e. The molecule has 0 saturated heterocycles. The van der Waals surface area contributed by atoms with E-state index in [1.54, 1.807) is 29.4 Å². The van der Waals surface area contributed by atoms with Gasteiger partial charge in [-0.25, -0.2) is 0 Å². The maximum atomic E-state index is 13.4. The summed E-state index contributed by atoms with van der Waals surface area (Å²) in [7, 11) is 1.78. The van der Waals surface area contributed by atoms with Gasteiger partial charge in [0.05, 0.1) is 18.6 Å². The van der Waals surface area contributed by atoms with Gasteiger partial charge in [-0.2, -0.15) is 0 Å². The Hall–Kier alpha value is -3.12. The average Bonchev–Trinajstić information content (AvgIpc) is 3.32. The van der Waals surface area contributed by atoms with E-state index >= 15 is 0 Å². The molecular formula is C25H26N2O3S. The molecular weight excluding hydrogens is 408 g/mol. The number of benzene rings is 2. The lowest BCUT2D eigenvalue weighted by molar-refractivity contribution is -0.124. The monoisotopic (exact) mass is 434 g/mol. The van der Waals surface area contributed by atoms with Crippen LogP contribution in [0.25, 0.3) is 0 Å². The van der Waals surface area contributed by atoms with Crippen LogP contribution in [0.15, 0.2) is 66.0 Å². The van der Waals surface area contributed by atoms with Gasteiger partial charge < -0.3 is 15.0 Å². The number of carbonyl (C=O) groups is 2. The SMILES string of the molecule is CCOc1ccc(CCNC(=O)[C@H]2c3ccccc3C(=O)N(C)[C@H]2c2cccs2)cc1. The van der Waals surface area contributed by atoms with E-state index in [4.69, 9.17) is 4.74 Å². The normalized spacial score (nSPS) is 17.9. The molecule has 6 heteroatoms. The molecule has 0 radical (unpaired) electrons. The first-order valence-electron chi connectivity index (χ1n) is 10.5. The third-order valence-electron chi connectivity index (χ3n) is 5.64. The predicted molar refractivity (Wildman–Crippen MR) is 123 cm³/mol. The summed E-state index contributed by atoms with van der Waals surface area (Å²) in [5, 5.41) is 5.09. The Morgan fingerprint density at radius 3 is 2.58 bits per heavy atom. The van der Waals surface area contributed by atoms with Crippen molar-refractivity contribution in [3.63, 3.8) is 0 Å². The summed E-state index contributed by atoms with van der Waals surface area (Å²) < 4.78 is 5.48. The molecule has 0 unspecified atom stereocenters. The molecule has 2 heterocycles. The Labute approximate surface area is 186 Å². The lowest BCUT2D eigenvalue weighted by Crippen LogP contribution is -2.45. The van der Waals surface area contributed by atoms with Crippen molar-refractivity contribution >= 4 is 23.2 Å². The van der Waals surface area contributed by atoms with Gasteiger partial charge in [0, 0.05) is 24.0 Å². The van der Waals surface area contributed by atoms with Gasteiger partial charge in [-0.15, -0.1) is 11.3 Å². The second kappa shape index (κ2) is 9.35. The van der Waals surface area contributed by atoms with Crippen LogP contribution < -0.4 is 10.1 Å². The van der Waals surface area contributed by atoms with Crippen molar-refractivity contribution in [1.82, 2.24) is 10.2 Å². The minimum absolute atomic E-state index is 0.0487. The first-order valence-corrected chi connectivity index (χ1v) is 11.4. The summed E-state index contributed by atoms with van der Waals surface area (Å²) in [5.41, 5.74) is 2.53. The van der Waals surface area contributed by atoms with E-state index in [1.165, 1.54) is 0 Å². The van der Waals surface area contributed by atoms with E-state index in [0.29, 0.717) is 18.7 Å². The van der Waals surface area contributed by atoms with Crippen molar-refractivity contribution in [3.8, 4) is 5.75 Å². The molecule has 1 N–H and O–H groups in total. The van der Waals surface area contributed by atoms with Crippen molar-refractivity contribution in [2.45, 2.75) is 25.3 Å². The molecule has 4 rings (SSSR count). The molecule has 1 aromatic heterocycles. The minimum Gasteiger partial charge on any atom is -0.494 e. The number of amides is 2. The van der Waals surface area contributed by atoms with Crippen LogP contribution in [0.4, 0.5) is 0 Å². The van der Waals surface area contributed by atoms with Crippen LogP contribution in [0.3, 0.4) is 0 Å². The molecule has 2 aromatic carbocycles. The highest BCUT2D eigenvalue weighted by atomic mass is 32.1. The Balaban J connectivity index is 1.53. The second-order valence-electron chi connectivity index (χ2n) is 7.56. The highest BCUT2D eigenvalue weighted by molar-refractivity contribution is 7.10. The van der Waals surface area contributed by atoms with Gasteiger partial charge in [-0.05, 0) is 54.1 Å². The van der Waals surface area contributed by atoms with Gasteiger partial charge in [0.25, 0.3) is 5.91 Å². The third-order valence-corrected chi connectivity index (χ3v) is 6.59. The zero-order valence-corrected chi connectivity index (χ0v) is 18.5. The molecule has 1 aliphatic rings. The van der Waals surface area contributed by atoms with Crippen molar-refractivity contribution in [3.05, 3.63) is 87.6 Å².